The van der Waals surface area contributed by atoms with Crippen molar-refractivity contribution in [2.45, 2.75) is 33.1 Å². The van der Waals surface area contributed by atoms with E-state index in [1.165, 1.54) is 19.3 Å². The summed E-state index contributed by atoms with van der Waals surface area (Å²) >= 11 is 0. The first kappa shape index (κ1) is 11.3. The van der Waals surface area contributed by atoms with Crippen LogP contribution >= 0.6 is 0 Å². The molecule has 1 saturated carbocycles. The SMILES string of the molecule is CC(C)(CNc1ccccc1N)C1CCC1. The largest absolute Gasteiger partial charge is 0.397 e. The fraction of sp³-hybridized carbons (Fsp3) is 0.571. The zero-order valence-electron chi connectivity index (χ0n) is 10.3. The summed E-state index contributed by atoms with van der Waals surface area (Å²) in [4.78, 5) is 0. The summed E-state index contributed by atoms with van der Waals surface area (Å²) in [7, 11) is 0. The molecule has 88 valence electrons. The molecule has 0 atom stereocenters. The topological polar surface area (TPSA) is 38.0 Å². The molecule has 0 saturated heterocycles. The van der Waals surface area contributed by atoms with E-state index in [1.54, 1.807) is 0 Å². The number of para-hydroxylation sites is 2. The normalized spacial score (nSPS) is 16.9. The van der Waals surface area contributed by atoms with Gasteiger partial charge in [0.1, 0.15) is 0 Å². The van der Waals surface area contributed by atoms with Gasteiger partial charge in [0.2, 0.25) is 0 Å². The van der Waals surface area contributed by atoms with Crippen LogP contribution in [0, 0.1) is 11.3 Å². The Morgan fingerprint density at radius 2 is 2.00 bits per heavy atom. The van der Waals surface area contributed by atoms with Gasteiger partial charge < -0.3 is 11.1 Å². The smallest absolute Gasteiger partial charge is 0.0574 e. The van der Waals surface area contributed by atoms with Crippen LogP contribution in [0.2, 0.25) is 0 Å². The summed E-state index contributed by atoms with van der Waals surface area (Å²) in [5, 5.41) is 3.48. The van der Waals surface area contributed by atoms with Crippen molar-refractivity contribution in [3.8, 4) is 0 Å². The molecule has 2 nitrogen and oxygen atoms in total. The highest BCUT2D eigenvalue weighted by atomic mass is 14.9. The molecule has 0 radical (unpaired) electrons. The van der Waals surface area contributed by atoms with Crippen LogP contribution in [-0.2, 0) is 0 Å². The first-order valence-corrected chi connectivity index (χ1v) is 6.18. The van der Waals surface area contributed by atoms with Gasteiger partial charge in [0.15, 0.2) is 0 Å². The minimum atomic E-state index is 0.376. The maximum Gasteiger partial charge on any atom is 0.0574 e. The van der Waals surface area contributed by atoms with Crippen LogP contribution in [0.15, 0.2) is 24.3 Å². The van der Waals surface area contributed by atoms with Crippen molar-refractivity contribution < 1.29 is 0 Å². The molecule has 3 N–H and O–H groups in total. The third-order valence-corrected chi connectivity index (χ3v) is 3.91. The number of hydrogen-bond acceptors (Lipinski definition) is 2. The standard InChI is InChI=1S/C14H22N2/c1-14(2,11-6-5-7-11)10-16-13-9-4-3-8-12(13)15/h3-4,8-9,11,16H,5-7,10,15H2,1-2H3. The number of nitrogens with two attached hydrogens (primary N) is 1. The summed E-state index contributed by atoms with van der Waals surface area (Å²) in [5.74, 6) is 0.880. The van der Waals surface area contributed by atoms with Crippen LogP contribution in [-0.4, -0.2) is 6.54 Å². The van der Waals surface area contributed by atoms with E-state index in [0.29, 0.717) is 5.41 Å². The van der Waals surface area contributed by atoms with Gasteiger partial charge in [0.05, 0.1) is 11.4 Å². The second kappa shape index (κ2) is 4.36. The molecule has 0 aromatic heterocycles. The highest BCUT2D eigenvalue weighted by Crippen LogP contribution is 2.41. The third-order valence-electron chi connectivity index (χ3n) is 3.91. The predicted molar refractivity (Wildman–Crippen MR) is 70.5 cm³/mol. The molecule has 0 aliphatic heterocycles. The van der Waals surface area contributed by atoms with Crippen molar-refractivity contribution in [3.63, 3.8) is 0 Å². The molecule has 2 heteroatoms. The highest BCUT2D eigenvalue weighted by Gasteiger charge is 2.33. The Morgan fingerprint density at radius 1 is 1.31 bits per heavy atom. The number of nitrogen functional groups attached to an aromatic ring is 1. The van der Waals surface area contributed by atoms with E-state index in [0.717, 1.165) is 23.8 Å². The first-order valence-electron chi connectivity index (χ1n) is 6.18. The van der Waals surface area contributed by atoms with Gasteiger partial charge in [-0.3, -0.25) is 0 Å². The molecule has 0 amide bonds. The lowest BCUT2D eigenvalue weighted by Crippen LogP contribution is -2.35. The van der Waals surface area contributed by atoms with Gasteiger partial charge in [0.25, 0.3) is 0 Å². The molecule has 1 aliphatic rings. The molecular weight excluding hydrogens is 196 g/mol. The molecule has 2 rings (SSSR count). The van der Waals surface area contributed by atoms with Gasteiger partial charge in [0, 0.05) is 6.54 Å². The Kier molecular flexibility index (Phi) is 3.08. The van der Waals surface area contributed by atoms with Gasteiger partial charge >= 0.3 is 0 Å². The monoisotopic (exact) mass is 218 g/mol. The van der Waals surface area contributed by atoms with Crippen molar-refractivity contribution in [1.82, 2.24) is 0 Å². The van der Waals surface area contributed by atoms with Crippen molar-refractivity contribution in [3.05, 3.63) is 24.3 Å². The van der Waals surface area contributed by atoms with Crippen molar-refractivity contribution in [2.75, 3.05) is 17.6 Å². The van der Waals surface area contributed by atoms with Crippen LogP contribution < -0.4 is 11.1 Å². The van der Waals surface area contributed by atoms with Crippen LogP contribution in [0.4, 0.5) is 11.4 Å². The molecule has 1 fully saturated rings. The minimum absolute atomic E-state index is 0.376. The maximum atomic E-state index is 5.91. The summed E-state index contributed by atoms with van der Waals surface area (Å²) in [6.45, 7) is 5.71. The lowest BCUT2D eigenvalue weighted by atomic mass is 9.67. The van der Waals surface area contributed by atoms with Gasteiger partial charge in [-0.2, -0.15) is 0 Å². The van der Waals surface area contributed by atoms with Gasteiger partial charge in [-0.25, -0.2) is 0 Å². The summed E-state index contributed by atoms with van der Waals surface area (Å²) in [6, 6.07) is 7.98. The Labute approximate surface area is 98.2 Å². The lowest BCUT2D eigenvalue weighted by Gasteiger charge is -2.40. The van der Waals surface area contributed by atoms with Crippen LogP contribution in [0.25, 0.3) is 0 Å². The third kappa shape index (κ3) is 2.31. The summed E-state index contributed by atoms with van der Waals surface area (Å²) in [6.07, 6.45) is 4.18. The summed E-state index contributed by atoms with van der Waals surface area (Å²) in [5.41, 5.74) is 8.19. The fourth-order valence-electron chi connectivity index (χ4n) is 2.32. The van der Waals surface area contributed by atoms with Gasteiger partial charge in [-0.1, -0.05) is 32.4 Å². The van der Waals surface area contributed by atoms with Crippen molar-refractivity contribution >= 4 is 11.4 Å². The van der Waals surface area contributed by atoms with Gasteiger partial charge in [-0.15, -0.1) is 0 Å². The number of nitrogens with one attached hydrogen (secondary N) is 1. The second-order valence-corrected chi connectivity index (χ2v) is 5.56. The second-order valence-electron chi connectivity index (χ2n) is 5.56. The molecule has 0 unspecified atom stereocenters. The molecule has 0 spiro atoms. The number of anilines is 2. The fourth-order valence-corrected chi connectivity index (χ4v) is 2.32. The van der Waals surface area contributed by atoms with Crippen molar-refractivity contribution in [2.24, 2.45) is 11.3 Å². The molecule has 1 aromatic carbocycles. The van der Waals surface area contributed by atoms with E-state index in [1.807, 2.05) is 24.3 Å². The quantitative estimate of drug-likeness (QED) is 0.759. The van der Waals surface area contributed by atoms with E-state index in [-0.39, 0.29) is 0 Å². The van der Waals surface area contributed by atoms with E-state index >= 15 is 0 Å². The Balaban J connectivity index is 1.94. The highest BCUT2D eigenvalue weighted by molar-refractivity contribution is 5.65. The molecule has 16 heavy (non-hydrogen) atoms. The zero-order valence-corrected chi connectivity index (χ0v) is 10.3. The molecule has 0 heterocycles. The van der Waals surface area contributed by atoms with E-state index in [4.69, 9.17) is 5.73 Å². The van der Waals surface area contributed by atoms with E-state index in [2.05, 4.69) is 19.2 Å². The first-order chi connectivity index (χ1) is 7.59. The molecule has 1 aromatic rings. The molecule has 0 bridgehead atoms. The number of hydrogen-bond donors (Lipinski definition) is 2. The van der Waals surface area contributed by atoms with Crippen molar-refractivity contribution in [1.29, 1.82) is 0 Å². The Hall–Kier alpha value is -1.18. The number of rotatable bonds is 4. The van der Waals surface area contributed by atoms with Gasteiger partial charge in [-0.05, 0) is 36.3 Å². The molecular formula is C14H22N2. The maximum absolute atomic E-state index is 5.91. The van der Waals surface area contributed by atoms with Crippen LogP contribution in [0.5, 0.6) is 0 Å². The average molecular weight is 218 g/mol. The Bertz CT molecular complexity index is 354. The summed E-state index contributed by atoms with van der Waals surface area (Å²) < 4.78 is 0. The van der Waals surface area contributed by atoms with E-state index in [9.17, 15) is 0 Å². The zero-order chi connectivity index (χ0) is 11.6. The number of benzene rings is 1. The van der Waals surface area contributed by atoms with Crippen LogP contribution in [0.1, 0.15) is 33.1 Å². The predicted octanol–water partition coefficient (Wildman–Crippen LogP) is 3.51. The minimum Gasteiger partial charge on any atom is -0.397 e. The lowest BCUT2D eigenvalue weighted by molar-refractivity contribution is 0.134. The average Bonchev–Trinajstić information content (AvgIpc) is 2.13. The Morgan fingerprint density at radius 3 is 2.56 bits per heavy atom. The van der Waals surface area contributed by atoms with E-state index < -0.39 is 0 Å². The molecule has 1 aliphatic carbocycles. The van der Waals surface area contributed by atoms with Crippen LogP contribution in [0.3, 0.4) is 0 Å².